The van der Waals surface area contributed by atoms with Gasteiger partial charge < -0.3 is 14.2 Å². The fraction of sp³-hybridized carbons (Fsp3) is 0.870. The van der Waals surface area contributed by atoms with Gasteiger partial charge in [0.2, 0.25) is 0 Å². The van der Waals surface area contributed by atoms with Crippen molar-refractivity contribution in [3.8, 4) is 0 Å². The molecule has 1 aliphatic carbocycles. The minimum atomic E-state index is -0.622. The molecular formula is C23H40O6. The Labute approximate surface area is 176 Å². The Hall–Kier alpha value is -1.59. The summed E-state index contributed by atoms with van der Waals surface area (Å²) in [7, 11) is 0. The fourth-order valence-electron chi connectivity index (χ4n) is 3.66. The fourth-order valence-corrected chi connectivity index (χ4v) is 3.66. The monoisotopic (exact) mass is 412 g/mol. The van der Waals surface area contributed by atoms with Crippen molar-refractivity contribution < 1.29 is 28.6 Å². The summed E-state index contributed by atoms with van der Waals surface area (Å²) in [4.78, 5) is 37.6. The van der Waals surface area contributed by atoms with Crippen LogP contribution in [0.2, 0.25) is 0 Å². The molecule has 6 nitrogen and oxygen atoms in total. The lowest BCUT2D eigenvalue weighted by Gasteiger charge is -2.17. The largest absolute Gasteiger partial charge is 0.465 e. The molecule has 0 aliphatic heterocycles. The topological polar surface area (TPSA) is 78.9 Å². The van der Waals surface area contributed by atoms with Crippen LogP contribution in [0.4, 0.5) is 0 Å². The lowest BCUT2D eigenvalue weighted by molar-refractivity contribution is -0.159. The molecule has 29 heavy (non-hydrogen) atoms. The van der Waals surface area contributed by atoms with Crippen molar-refractivity contribution in [2.24, 2.45) is 17.8 Å². The molecule has 0 aromatic carbocycles. The van der Waals surface area contributed by atoms with E-state index in [4.69, 9.17) is 14.2 Å². The highest BCUT2D eigenvalue weighted by molar-refractivity contribution is 5.85. The molecule has 0 aromatic heterocycles. The molecule has 2 unspecified atom stereocenters. The molecule has 6 heteroatoms. The predicted octanol–water partition coefficient (Wildman–Crippen LogP) is 4.83. The van der Waals surface area contributed by atoms with Gasteiger partial charge in [0.25, 0.3) is 0 Å². The average molecular weight is 413 g/mol. The minimum absolute atomic E-state index is 0.300. The molecule has 2 atom stereocenters. The van der Waals surface area contributed by atoms with E-state index in [0.717, 1.165) is 57.8 Å². The van der Waals surface area contributed by atoms with Crippen LogP contribution in [0, 0.1) is 17.8 Å². The third-order valence-electron chi connectivity index (χ3n) is 5.48. The van der Waals surface area contributed by atoms with Crippen LogP contribution in [0.1, 0.15) is 91.4 Å². The van der Waals surface area contributed by atoms with E-state index >= 15 is 0 Å². The summed E-state index contributed by atoms with van der Waals surface area (Å²) in [5, 5.41) is 0. The Balaban J connectivity index is 2.64. The van der Waals surface area contributed by atoms with E-state index in [9.17, 15) is 14.4 Å². The average Bonchev–Trinajstić information content (AvgIpc) is 3.17. The summed E-state index contributed by atoms with van der Waals surface area (Å²) in [5.74, 6) is -2.79. The second-order valence-corrected chi connectivity index (χ2v) is 8.01. The highest BCUT2D eigenvalue weighted by Gasteiger charge is 2.47. The Kier molecular flexibility index (Phi) is 13.4. The van der Waals surface area contributed by atoms with Crippen LogP contribution in [0.15, 0.2) is 0 Å². The highest BCUT2D eigenvalue weighted by atomic mass is 16.5. The normalized spacial score (nSPS) is 21.0. The van der Waals surface area contributed by atoms with E-state index in [1.165, 1.54) is 0 Å². The van der Waals surface area contributed by atoms with E-state index in [2.05, 4.69) is 20.8 Å². The van der Waals surface area contributed by atoms with Gasteiger partial charge in [0.1, 0.15) is 0 Å². The summed E-state index contributed by atoms with van der Waals surface area (Å²) in [6.07, 6.45) is 9.19. The van der Waals surface area contributed by atoms with Crippen LogP contribution in [0.3, 0.4) is 0 Å². The maximum absolute atomic E-state index is 12.6. The van der Waals surface area contributed by atoms with Crippen molar-refractivity contribution in [2.45, 2.75) is 91.4 Å². The molecule has 0 radical (unpaired) electrons. The zero-order valence-corrected chi connectivity index (χ0v) is 18.6. The quantitative estimate of drug-likeness (QED) is 0.218. The Morgan fingerprint density at radius 2 is 0.931 bits per heavy atom. The molecule has 0 bridgehead atoms. The van der Waals surface area contributed by atoms with Crippen LogP contribution < -0.4 is 0 Å². The molecule has 1 rings (SSSR count). The molecule has 168 valence electrons. The molecular weight excluding hydrogens is 372 g/mol. The number of rotatable bonds is 15. The molecule has 1 saturated carbocycles. The zero-order chi connectivity index (χ0) is 21.5. The van der Waals surface area contributed by atoms with Gasteiger partial charge in [-0.1, -0.05) is 59.3 Å². The summed E-state index contributed by atoms with van der Waals surface area (Å²) in [6.45, 7) is 7.36. The van der Waals surface area contributed by atoms with Crippen molar-refractivity contribution in [1.82, 2.24) is 0 Å². The summed E-state index contributed by atoms with van der Waals surface area (Å²) >= 11 is 0. The van der Waals surface area contributed by atoms with Crippen LogP contribution in [-0.2, 0) is 28.6 Å². The van der Waals surface area contributed by atoms with Gasteiger partial charge in [-0.05, 0) is 32.1 Å². The van der Waals surface area contributed by atoms with Gasteiger partial charge >= 0.3 is 17.9 Å². The second kappa shape index (κ2) is 15.3. The lowest BCUT2D eigenvalue weighted by atomic mass is 9.96. The van der Waals surface area contributed by atoms with Gasteiger partial charge in [-0.2, -0.15) is 0 Å². The smallest absolute Gasteiger partial charge is 0.309 e. The lowest BCUT2D eigenvalue weighted by Crippen LogP contribution is -2.29. The van der Waals surface area contributed by atoms with Crippen LogP contribution in [-0.4, -0.2) is 37.7 Å². The maximum Gasteiger partial charge on any atom is 0.309 e. The Bertz CT molecular complexity index is 458. The first-order chi connectivity index (χ1) is 14.0. The molecule has 0 spiro atoms. The van der Waals surface area contributed by atoms with E-state index < -0.39 is 29.7 Å². The van der Waals surface area contributed by atoms with Gasteiger partial charge in [0.15, 0.2) is 0 Å². The van der Waals surface area contributed by atoms with Crippen molar-refractivity contribution >= 4 is 17.9 Å². The third kappa shape index (κ3) is 9.64. The first-order valence-electron chi connectivity index (χ1n) is 11.5. The van der Waals surface area contributed by atoms with E-state index in [-0.39, 0.29) is 5.97 Å². The predicted molar refractivity (Wildman–Crippen MR) is 111 cm³/mol. The van der Waals surface area contributed by atoms with Gasteiger partial charge in [-0.3, -0.25) is 14.4 Å². The summed E-state index contributed by atoms with van der Waals surface area (Å²) in [5.41, 5.74) is 0. The van der Waals surface area contributed by atoms with Gasteiger partial charge in [0.05, 0.1) is 37.6 Å². The molecule has 0 N–H and O–H groups in total. The van der Waals surface area contributed by atoms with E-state index in [1.54, 1.807) is 0 Å². The second-order valence-electron chi connectivity index (χ2n) is 8.01. The molecule has 0 amide bonds. The van der Waals surface area contributed by atoms with Gasteiger partial charge in [0, 0.05) is 0 Å². The van der Waals surface area contributed by atoms with Gasteiger partial charge in [-0.25, -0.2) is 0 Å². The SMILES string of the molecule is CCCCCOC(=O)C1CC(C(=O)OCCCCC)C(C(=O)OCCCCC)C1. The van der Waals surface area contributed by atoms with Gasteiger partial charge in [-0.15, -0.1) is 0 Å². The first kappa shape index (κ1) is 25.4. The third-order valence-corrected chi connectivity index (χ3v) is 5.48. The van der Waals surface area contributed by atoms with Crippen molar-refractivity contribution in [1.29, 1.82) is 0 Å². The van der Waals surface area contributed by atoms with Crippen LogP contribution in [0.25, 0.3) is 0 Å². The van der Waals surface area contributed by atoms with Crippen molar-refractivity contribution in [3.63, 3.8) is 0 Å². The maximum atomic E-state index is 12.6. The van der Waals surface area contributed by atoms with E-state index in [1.807, 2.05) is 0 Å². The highest BCUT2D eigenvalue weighted by Crippen LogP contribution is 2.39. The standard InChI is InChI=1S/C23H40O6/c1-4-7-10-13-27-21(24)18-16-19(22(25)28-14-11-8-5-2)20(17-18)23(26)29-15-12-9-6-3/h18-20H,4-17H2,1-3H3. The molecule has 0 heterocycles. The van der Waals surface area contributed by atoms with Crippen LogP contribution >= 0.6 is 0 Å². The summed E-state index contributed by atoms with van der Waals surface area (Å²) < 4.78 is 16.2. The molecule has 0 aromatic rings. The first-order valence-corrected chi connectivity index (χ1v) is 11.5. The number of hydrogen-bond donors (Lipinski definition) is 0. The minimum Gasteiger partial charge on any atom is -0.465 e. The Morgan fingerprint density at radius 1 is 0.586 bits per heavy atom. The molecule has 1 aliphatic rings. The number of esters is 3. The number of carbonyl (C=O) groups excluding carboxylic acids is 3. The molecule has 0 saturated heterocycles. The molecule has 1 fully saturated rings. The number of ether oxygens (including phenoxy) is 3. The summed E-state index contributed by atoms with van der Waals surface area (Å²) in [6, 6.07) is 0. The van der Waals surface area contributed by atoms with Crippen LogP contribution in [0.5, 0.6) is 0 Å². The number of hydrogen-bond acceptors (Lipinski definition) is 6. The van der Waals surface area contributed by atoms with Crippen molar-refractivity contribution in [2.75, 3.05) is 19.8 Å². The van der Waals surface area contributed by atoms with Crippen molar-refractivity contribution in [3.05, 3.63) is 0 Å². The Morgan fingerprint density at radius 3 is 1.28 bits per heavy atom. The zero-order valence-electron chi connectivity index (χ0n) is 18.6. The van der Waals surface area contributed by atoms with E-state index in [0.29, 0.717) is 32.7 Å². The number of unbranched alkanes of at least 4 members (excludes halogenated alkanes) is 6. The number of carbonyl (C=O) groups is 3.